The molecule has 0 aliphatic carbocycles. The fourth-order valence-electron chi connectivity index (χ4n) is 1.87. The largest absolute Gasteiger partial charge is 0.325 e. The van der Waals surface area contributed by atoms with Crippen LogP contribution in [0.2, 0.25) is 0 Å². The molecule has 0 bridgehead atoms. The van der Waals surface area contributed by atoms with E-state index < -0.39 is 0 Å². The molecule has 18 heavy (non-hydrogen) atoms. The molecule has 0 aliphatic rings. The second kappa shape index (κ2) is 5.98. The Kier molecular flexibility index (Phi) is 4.34. The Labute approximate surface area is 116 Å². The maximum absolute atomic E-state index is 5.91. The Balaban J connectivity index is 2.47. The fraction of sp³-hybridized carbons (Fsp3) is 0.125. The zero-order valence-corrected chi connectivity index (χ0v) is 11.9. The summed E-state index contributed by atoms with van der Waals surface area (Å²) in [5.41, 5.74) is 9.46. The number of benzene rings is 2. The van der Waals surface area contributed by atoms with Crippen LogP contribution in [0.5, 0.6) is 0 Å². The van der Waals surface area contributed by atoms with E-state index in [-0.39, 0.29) is 6.04 Å². The predicted octanol–water partition coefficient (Wildman–Crippen LogP) is 4.23. The molecular formula is C16H16BrN. The summed E-state index contributed by atoms with van der Waals surface area (Å²) in [6.45, 7) is 1.99. The van der Waals surface area contributed by atoms with Crippen molar-refractivity contribution in [1.82, 2.24) is 0 Å². The Morgan fingerprint density at radius 3 is 2.11 bits per heavy atom. The number of hydrogen-bond acceptors (Lipinski definition) is 1. The third-order valence-electron chi connectivity index (χ3n) is 2.67. The van der Waals surface area contributed by atoms with Gasteiger partial charge in [0.15, 0.2) is 0 Å². The van der Waals surface area contributed by atoms with Gasteiger partial charge in [-0.2, -0.15) is 0 Å². The van der Waals surface area contributed by atoms with Crippen molar-refractivity contribution in [1.29, 1.82) is 0 Å². The minimum absolute atomic E-state index is 0.0313. The Hall–Kier alpha value is -1.38. The first-order chi connectivity index (χ1) is 8.66. The molecule has 2 aromatic carbocycles. The van der Waals surface area contributed by atoms with Gasteiger partial charge in [0.2, 0.25) is 0 Å². The van der Waals surface area contributed by atoms with Crippen molar-refractivity contribution in [3.63, 3.8) is 0 Å². The second-order valence-electron chi connectivity index (χ2n) is 4.31. The highest BCUT2D eigenvalue weighted by molar-refractivity contribution is 9.10. The maximum atomic E-state index is 5.91. The Morgan fingerprint density at radius 2 is 1.56 bits per heavy atom. The highest BCUT2D eigenvalue weighted by atomic mass is 79.9. The first-order valence-electron chi connectivity index (χ1n) is 5.95. The van der Waals surface area contributed by atoms with E-state index in [0.717, 1.165) is 4.47 Å². The van der Waals surface area contributed by atoms with Gasteiger partial charge < -0.3 is 5.73 Å². The van der Waals surface area contributed by atoms with E-state index in [0.29, 0.717) is 0 Å². The summed E-state index contributed by atoms with van der Waals surface area (Å²) < 4.78 is 1.08. The molecule has 0 aromatic heterocycles. The summed E-state index contributed by atoms with van der Waals surface area (Å²) in [5.74, 6) is 0. The van der Waals surface area contributed by atoms with Crippen LogP contribution < -0.4 is 5.73 Å². The van der Waals surface area contributed by atoms with Gasteiger partial charge in [-0.05, 0) is 35.8 Å². The third-order valence-corrected chi connectivity index (χ3v) is 3.20. The molecule has 0 aliphatic heterocycles. The molecule has 0 heterocycles. The van der Waals surface area contributed by atoms with Crippen LogP contribution in [-0.4, -0.2) is 6.04 Å². The zero-order chi connectivity index (χ0) is 13.0. The van der Waals surface area contributed by atoms with Crippen LogP contribution in [0.3, 0.4) is 0 Å². The van der Waals surface area contributed by atoms with Gasteiger partial charge in [-0.1, -0.05) is 64.5 Å². The predicted molar refractivity (Wildman–Crippen MR) is 81.3 cm³/mol. The topological polar surface area (TPSA) is 26.0 Å². The standard InChI is InChI=1S/C16H16BrN/c1-12(18)11-16(13-5-3-2-4-6-13)14-7-9-15(17)10-8-14/h2-12H,18H2,1H3. The molecule has 1 atom stereocenters. The molecule has 0 amide bonds. The van der Waals surface area contributed by atoms with E-state index in [1.807, 2.05) is 37.3 Å². The molecule has 92 valence electrons. The lowest BCUT2D eigenvalue weighted by Gasteiger charge is -2.10. The molecule has 1 unspecified atom stereocenters. The first kappa shape index (κ1) is 13.1. The second-order valence-corrected chi connectivity index (χ2v) is 5.23. The van der Waals surface area contributed by atoms with Crippen LogP contribution in [0, 0.1) is 0 Å². The van der Waals surface area contributed by atoms with Crippen molar-refractivity contribution in [3.05, 3.63) is 76.3 Å². The lowest BCUT2D eigenvalue weighted by Crippen LogP contribution is -2.11. The van der Waals surface area contributed by atoms with Crippen molar-refractivity contribution in [2.75, 3.05) is 0 Å². The van der Waals surface area contributed by atoms with Gasteiger partial charge in [0, 0.05) is 10.5 Å². The van der Waals surface area contributed by atoms with Crippen molar-refractivity contribution in [3.8, 4) is 0 Å². The molecular weight excluding hydrogens is 286 g/mol. The molecule has 2 rings (SSSR count). The van der Waals surface area contributed by atoms with Crippen LogP contribution in [0.4, 0.5) is 0 Å². The molecule has 2 heteroatoms. The van der Waals surface area contributed by atoms with Crippen LogP contribution in [0.25, 0.3) is 5.57 Å². The summed E-state index contributed by atoms with van der Waals surface area (Å²) in [6, 6.07) is 18.7. The molecule has 0 radical (unpaired) electrons. The Bertz CT molecular complexity index is 527. The van der Waals surface area contributed by atoms with Crippen molar-refractivity contribution >= 4 is 21.5 Å². The van der Waals surface area contributed by atoms with Gasteiger partial charge in [0.25, 0.3) is 0 Å². The molecule has 1 nitrogen and oxygen atoms in total. The van der Waals surface area contributed by atoms with Crippen molar-refractivity contribution in [2.45, 2.75) is 13.0 Å². The Morgan fingerprint density at radius 1 is 1.00 bits per heavy atom. The summed E-state index contributed by atoms with van der Waals surface area (Å²) in [5, 5.41) is 0. The van der Waals surface area contributed by atoms with Crippen LogP contribution in [0.15, 0.2) is 65.1 Å². The highest BCUT2D eigenvalue weighted by Gasteiger charge is 2.05. The lowest BCUT2D eigenvalue weighted by atomic mass is 9.96. The minimum atomic E-state index is 0.0313. The third kappa shape index (κ3) is 3.31. The first-order valence-corrected chi connectivity index (χ1v) is 6.75. The van der Waals surface area contributed by atoms with E-state index in [4.69, 9.17) is 5.73 Å². The van der Waals surface area contributed by atoms with Crippen LogP contribution in [0.1, 0.15) is 18.1 Å². The molecule has 0 fully saturated rings. The van der Waals surface area contributed by atoms with E-state index in [1.54, 1.807) is 0 Å². The van der Waals surface area contributed by atoms with Gasteiger partial charge in [-0.25, -0.2) is 0 Å². The number of halogens is 1. The molecule has 0 saturated carbocycles. The average Bonchev–Trinajstić information content (AvgIpc) is 2.38. The average molecular weight is 302 g/mol. The van der Waals surface area contributed by atoms with Crippen molar-refractivity contribution < 1.29 is 0 Å². The monoisotopic (exact) mass is 301 g/mol. The van der Waals surface area contributed by atoms with Gasteiger partial charge >= 0.3 is 0 Å². The quantitative estimate of drug-likeness (QED) is 0.902. The summed E-state index contributed by atoms with van der Waals surface area (Å²) in [7, 11) is 0. The summed E-state index contributed by atoms with van der Waals surface area (Å²) >= 11 is 3.46. The smallest absolute Gasteiger partial charge is 0.0204 e. The van der Waals surface area contributed by atoms with Gasteiger partial charge in [-0.15, -0.1) is 0 Å². The number of hydrogen-bond donors (Lipinski definition) is 1. The summed E-state index contributed by atoms with van der Waals surface area (Å²) in [6.07, 6.45) is 2.10. The molecule has 2 aromatic rings. The maximum Gasteiger partial charge on any atom is 0.0204 e. The van der Waals surface area contributed by atoms with Crippen molar-refractivity contribution in [2.24, 2.45) is 5.73 Å². The van der Waals surface area contributed by atoms with E-state index in [1.165, 1.54) is 16.7 Å². The number of nitrogens with two attached hydrogens (primary N) is 1. The SMILES string of the molecule is CC(N)C=C(c1ccccc1)c1ccc(Br)cc1. The highest BCUT2D eigenvalue weighted by Crippen LogP contribution is 2.25. The van der Waals surface area contributed by atoms with E-state index >= 15 is 0 Å². The summed E-state index contributed by atoms with van der Waals surface area (Å²) in [4.78, 5) is 0. The molecule has 2 N–H and O–H groups in total. The van der Waals surface area contributed by atoms with Gasteiger partial charge in [0.05, 0.1) is 0 Å². The normalized spacial score (nSPS) is 13.4. The van der Waals surface area contributed by atoms with Crippen LogP contribution >= 0.6 is 15.9 Å². The minimum Gasteiger partial charge on any atom is -0.325 e. The fourth-order valence-corrected chi connectivity index (χ4v) is 2.13. The molecule has 0 saturated heterocycles. The van der Waals surface area contributed by atoms with E-state index in [9.17, 15) is 0 Å². The lowest BCUT2D eigenvalue weighted by molar-refractivity contribution is 0.928. The van der Waals surface area contributed by atoms with Gasteiger partial charge in [-0.3, -0.25) is 0 Å². The van der Waals surface area contributed by atoms with Gasteiger partial charge in [0.1, 0.15) is 0 Å². The zero-order valence-electron chi connectivity index (χ0n) is 10.3. The van der Waals surface area contributed by atoms with E-state index in [2.05, 4.69) is 46.3 Å². The molecule has 0 spiro atoms. The number of rotatable bonds is 3. The van der Waals surface area contributed by atoms with Crippen LogP contribution in [-0.2, 0) is 0 Å².